The number of amides is 3. The zero-order valence-corrected chi connectivity index (χ0v) is 14.5. The number of ketones is 1. The molecule has 7 heteroatoms. The minimum atomic E-state index is -0.358. The Kier molecular flexibility index (Phi) is 5.33. The second kappa shape index (κ2) is 7.65. The first-order valence-electron chi connectivity index (χ1n) is 8.71. The van der Waals surface area contributed by atoms with Crippen molar-refractivity contribution in [3.8, 4) is 0 Å². The Hall–Kier alpha value is -2.41. The van der Waals surface area contributed by atoms with E-state index in [1.165, 1.54) is 0 Å². The van der Waals surface area contributed by atoms with Crippen LogP contribution < -0.4 is 15.1 Å². The maximum absolute atomic E-state index is 11.9. The fourth-order valence-electron chi connectivity index (χ4n) is 3.20. The van der Waals surface area contributed by atoms with Crippen molar-refractivity contribution in [1.82, 2.24) is 10.2 Å². The van der Waals surface area contributed by atoms with Crippen LogP contribution in [0.3, 0.4) is 0 Å². The molecule has 7 nitrogen and oxygen atoms in total. The Morgan fingerprint density at radius 1 is 1.00 bits per heavy atom. The number of carbonyl (C=O) groups is 3. The lowest BCUT2D eigenvalue weighted by Crippen LogP contribution is -2.49. The molecule has 2 heterocycles. The van der Waals surface area contributed by atoms with Crippen LogP contribution in [0.2, 0.25) is 0 Å². The molecule has 2 saturated heterocycles. The Labute approximate surface area is 147 Å². The van der Waals surface area contributed by atoms with E-state index in [1.807, 2.05) is 24.3 Å². The van der Waals surface area contributed by atoms with E-state index in [4.69, 9.17) is 0 Å². The summed E-state index contributed by atoms with van der Waals surface area (Å²) in [7, 11) is 0. The van der Waals surface area contributed by atoms with Crippen molar-refractivity contribution in [2.24, 2.45) is 0 Å². The van der Waals surface area contributed by atoms with E-state index in [0.717, 1.165) is 44.1 Å². The van der Waals surface area contributed by atoms with Gasteiger partial charge >= 0.3 is 6.03 Å². The summed E-state index contributed by atoms with van der Waals surface area (Å²) in [5.74, 6) is 0.0157. The molecule has 0 atom stereocenters. The lowest BCUT2D eigenvalue weighted by atomic mass is 10.2. The molecule has 3 rings (SSSR count). The molecule has 0 bridgehead atoms. The first kappa shape index (κ1) is 17.4. The number of hydrogen-bond donors (Lipinski definition) is 1. The lowest BCUT2D eigenvalue weighted by molar-refractivity contribution is -0.120. The molecule has 0 spiro atoms. The minimum absolute atomic E-state index is 0.222. The molecular weight excluding hydrogens is 320 g/mol. The molecule has 0 aliphatic carbocycles. The fraction of sp³-hybridized carbons (Fsp3) is 0.500. The summed E-state index contributed by atoms with van der Waals surface area (Å²) in [6.45, 7) is 6.64. The fourth-order valence-corrected chi connectivity index (χ4v) is 3.20. The van der Waals surface area contributed by atoms with Gasteiger partial charge in [0.25, 0.3) is 0 Å². The van der Waals surface area contributed by atoms with E-state index in [-0.39, 0.29) is 17.7 Å². The Balaban J connectivity index is 1.55. The monoisotopic (exact) mass is 344 g/mol. The van der Waals surface area contributed by atoms with Gasteiger partial charge in [0.2, 0.25) is 5.91 Å². The number of nitrogens with one attached hydrogen (secondary N) is 1. The van der Waals surface area contributed by atoms with Gasteiger partial charge in [0.05, 0.1) is 0 Å². The summed E-state index contributed by atoms with van der Waals surface area (Å²) in [6.07, 6.45) is 0.949. The number of anilines is 2. The van der Waals surface area contributed by atoms with Gasteiger partial charge in [-0.2, -0.15) is 0 Å². The van der Waals surface area contributed by atoms with E-state index in [2.05, 4.69) is 15.1 Å². The van der Waals surface area contributed by atoms with Gasteiger partial charge in [0, 0.05) is 63.5 Å². The second-order valence-corrected chi connectivity index (χ2v) is 6.55. The zero-order valence-electron chi connectivity index (χ0n) is 14.5. The maximum atomic E-state index is 11.9. The number of nitrogens with zero attached hydrogens (tertiary/aromatic N) is 3. The first-order chi connectivity index (χ1) is 12.0. The topological polar surface area (TPSA) is 73.0 Å². The minimum Gasteiger partial charge on any atom is -0.369 e. The van der Waals surface area contributed by atoms with Crippen LogP contribution in [-0.2, 0) is 9.59 Å². The lowest BCUT2D eigenvalue weighted by Gasteiger charge is -2.36. The van der Waals surface area contributed by atoms with Crippen molar-refractivity contribution in [2.45, 2.75) is 19.8 Å². The van der Waals surface area contributed by atoms with Gasteiger partial charge in [-0.05, 0) is 31.2 Å². The number of rotatable bonds is 5. The van der Waals surface area contributed by atoms with Crippen LogP contribution in [0.5, 0.6) is 0 Å². The van der Waals surface area contributed by atoms with E-state index >= 15 is 0 Å². The summed E-state index contributed by atoms with van der Waals surface area (Å²) < 4.78 is 0. The summed E-state index contributed by atoms with van der Waals surface area (Å²) in [5.41, 5.74) is 1.93. The molecule has 2 aliphatic rings. The van der Waals surface area contributed by atoms with Gasteiger partial charge in [0.1, 0.15) is 5.78 Å². The molecule has 1 aromatic carbocycles. The average molecular weight is 344 g/mol. The van der Waals surface area contributed by atoms with Crippen LogP contribution in [0.4, 0.5) is 16.2 Å². The van der Waals surface area contributed by atoms with Crippen LogP contribution in [-0.4, -0.2) is 61.9 Å². The number of piperazine rings is 1. The molecule has 1 aromatic rings. The molecule has 134 valence electrons. The molecule has 0 aromatic heterocycles. The van der Waals surface area contributed by atoms with Crippen LogP contribution in [0.1, 0.15) is 19.8 Å². The van der Waals surface area contributed by atoms with Crippen LogP contribution in [0.15, 0.2) is 24.3 Å². The van der Waals surface area contributed by atoms with Gasteiger partial charge in [0.15, 0.2) is 0 Å². The largest absolute Gasteiger partial charge is 0.369 e. The molecule has 2 aliphatic heterocycles. The zero-order chi connectivity index (χ0) is 17.8. The van der Waals surface area contributed by atoms with Crippen molar-refractivity contribution < 1.29 is 14.4 Å². The predicted molar refractivity (Wildman–Crippen MR) is 95.9 cm³/mol. The van der Waals surface area contributed by atoms with Crippen LogP contribution in [0.25, 0.3) is 0 Å². The number of carbonyl (C=O) groups excluding carboxylic acids is 3. The van der Waals surface area contributed by atoms with Crippen LogP contribution >= 0.6 is 0 Å². The highest BCUT2D eigenvalue weighted by Gasteiger charge is 2.24. The summed E-state index contributed by atoms with van der Waals surface area (Å²) in [6, 6.07) is 7.52. The van der Waals surface area contributed by atoms with Crippen molar-refractivity contribution in [1.29, 1.82) is 0 Å². The van der Waals surface area contributed by atoms with E-state index < -0.39 is 0 Å². The molecule has 3 amide bonds. The summed E-state index contributed by atoms with van der Waals surface area (Å²) >= 11 is 0. The highest BCUT2D eigenvalue weighted by Crippen LogP contribution is 2.23. The van der Waals surface area contributed by atoms with E-state index in [9.17, 15) is 14.4 Å². The Morgan fingerprint density at radius 2 is 1.64 bits per heavy atom. The second-order valence-electron chi connectivity index (χ2n) is 6.55. The van der Waals surface area contributed by atoms with Gasteiger partial charge in [-0.1, -0.05) is 0 Å². The highest BCUT2D eigenvalue weighted by atomic mass is 16.2. The third-order valence-corrected chi connectivity index (χ3v) is 4.73. The van der Waals surface area contributed by atoms with Crippen LogP contribution in [0, 0.1) is 0 Å². The standard InChI is InChI=1S/C18H24N4O3/c1-14(23)6-8-20-10-12-21(13-11-20)15-2-4-16(5-3-15)22-9-7-17(24)19-18(22)25/h2-5H,6-13H2,1H3,(H,19,24,25). The van der Waals surface area contributed by atoms with Crippen molar-refractivity contribution >= 4 is 29.1 Å². The number of Topliss-reactive ketones (excluding diaryl/α,β-unsaturated/α-hetero) is 1. The molecule has 1 N–H and O–H groups in total. The van der Waals surface area contributed by atoms with Gasteiger partial charge in [-0.3, -0.25) is 24.7 Å². The quantitative estimate of drug-likeness (QED) is 0.870. The van der Waals surface area contributed by atoms with Gasteiger partial charge in [-0.25, -0.2) is 4.79 Å². The Bertz CT molecular complexity index is 651. The maximum Gasteiger partial charge on any atom is 0.328 e. The molecular formula is C18H24N4O3. The van der Waals surface area contributed by atoms with Crippen molar-refractivity contribution in [3.05, 3.63) is 24.3 Å². The van der Waals surface area contributed by atoms with Crippen molar-refractivity contribution in [2.75, 3.05) is 49.1 Å². The average Bonchev–Trinajstić information content (AvgIpc) is 2.61. The molecule has 25 heavy (non-hydrogen) atoms. The van der Waals surface area contributed by atoms with E-state index in [0.29, 0.717) is 19.4 Å². The normalized spacial score (nSPS) is 19.1. The smallest absolute Gasteiger partial charge is 0.328 e. The van der Waals surface area contributed by atoms with E-state index in [1.54, 1.807) is 11.8 Å². The molecule has 0 unspecified atom stereocenters. The molecule has 0 saturated carbocycles. The van der Waals surface area contributed by atoms with Crippen molar-refractivity contribution in [3.63, 3.8) is 0 Å². The summed E-state index contributed by atoms with van der Waals surface area (Å²) in [5, 5.41) is 2.34. The number of imide groups is 1. The first-order valence-corrected chi connectivity index (χ1v) is 8.71. The van der Waals surface area contributed by atoms with Gasteiger partial charge < -0.3 is 4.90 Å². The Morgan fingerprint density at radius 3 is 2.24 bits per heavy atom. The third-order valence-electron chi connectivity index (χ3n) is 4.73. The van der Waals surface area contributed by atoms with Gasteiger partial charge in [-0.15, -0.1) is 0 Å². The highest BCUT2D eigenvalue weighted by molar-refractivity contribution is 6.05. The molecule has 2 fully saturated rings. The number of urea groups is 1. The SMILES string of the molecule is CC(=O)CCN1CCN(c2ccc(N3CCC(=O)NC3=O)cc2)CC1. The number of benzene rings is 1. The third kappa shape index (κ3) is 4.36. The molecule has 0 radical (unpaired) electrons. The predicted octanol–water partition coefficient (Wildman–Crippen LogP) is 1.23. The summed E-state index contributed by atoms with van der Waals surface area (Å²) in [4.78, 5) is 40.4. The number of hydrogen-bond acceptors (Lipinski definition) is 5.